The van der Waals surface area contributed by atoms with Crippen molar-refractivity contribution in [3.05, 3.63) is 42.2 Å². The van der Waals surface area contributed by atoms with Crippen LogP contribution in [0.15, 0.2) is 30.6 Å². The molecular weight excluding hydrogens is 257 g/mol. The summed E-state index contributed by atoms with van der Waals surface area (Å²) >= 11 is 0. The van der Waals surface area contributed by atoms with Crippen molar-refractivity contribution in [2.45, 2.75) is 26.4 Å². The summed E-state index contributed by atoms with van der Waals surface area (Å²) in [5.41, 5.74) is 7.46. The second-order valence-electron chi connectivity index (χ2n) is 5.07. The monoisotopic (exact) mass is 273 g/mol. The molecule has 5 nitrogen and oxygen atoms in total. The molecule has 6 heteroatoms. The van der Waals surface area contributed by atoms with E-state index in [-0.39, 0.29) is 11.9 Å². The summed E-state index contributed by atoms with van der Waals surface area (Å²) in [7, 11) is 0. The molecule has 1 aromatic carbocycles. The molecule has 0 amide bonds. The summed E-state index contributed by atoms with van der Waals surface area (Å²) < 4.78 is 17.6. The zero-order valence-corrected chi connectivity index (χ0v) is 11.4. The van der Waals surface area contributed by atoms with Gasteiger partial charge >= 0.3 is 0 Å². The Morgan fingerprint density at radius 2 is 2.15 bits per heavy atom. The van der Waals surface area contributed by atoms with E-state index in [9.17, 15) is 4.39 Å². The van der Waals surface area contributed by atoms with Gasteiger partial charge in [0.05, 0.1) is 23.9 Å². The lowest BCUT2D eigenvalue weighted by Crippen LogP contribution is -2.10. The minimum Gasteiger partial charge on any atom is -0.396 e. The molecule has 2 aromatic heterocycles. The summed E-state index contributed by atoms with van der Waals surface area (Å²) in [4.78, 5) is 4.42. The second kappa shape index (κ2) is 4.63. The number of hydrogen-bond donors (Lipinski definition) is 1. The first kappa shape index (κ1) is 12.7. The van der Waals surface area contributed by atoms with Crippen LogP contribution in [0.2, 0.25) is 0 Å². The van der Waals surface area contributed by atoms with Gasteiger partial charge in [-0.3, -0.25) is 4.68 Å². The summed E-state index contributed by atoms with van der Waals surface area (Å²) in [6.07, 6.45) is 3.32. The van der Waals surface area contributed by atoms with Crippen molar-refractivity contribution in [1.29, 1.82) is 0 Å². The molecule has 0 fully saturated rings. The number of para-hydroxylation sites is 1. The van der Waals surface area contributed by atoms with Gasteiger partial charge in [-0.2, -0.15) is 5.10 Å². The molecule has 0 atom stereocenters. The normalized spacial score (nSPS) is 11.6. The number of benzene rings is 1. The van der Waals surface area contributed by atoms with Crippen molar-refractivity contribution in [1.82, 2.24) is 19.3 Å². The highest BCUT2D eigenvalue weighted by molar-refractivity contribution is 5.76. The fourth-order valence-corrected chi connectivity index (χ4v) is 2.43. The Hall–Kier alpha value is -2.37. The third-order valence-corrected chi connectivity index (χ3v) is 3.22. The van der Waals surface area contributed by atoms with Crippen molar-refractivity contribution >= 4 is 16.7 Å². The van der Waals surface area contributed by atoms with Crippen molar-refractivity contribution in [2.75, 3.05) is 5.73 Å². The van der Waals surface area contributed by atoms with Gasteiger partial charge in [0, 0.05) is 12.2 Å². The predicted molar refractivity (Wildman–Crippen MR) is 75.8 cm³/mol. The van der Waals surface area contributed by atoms with Gasteiger partial charge in [-0.1, -0.05) is 6.07 Å². The van der Waals surface area contributed by atoms with Gasteiger partial charge in [-0.15, -0.1) is 0 Å². The number of halogens is 1. The van der Waals surface area contributed by atoms with Gasteiger partial charge in [0.25, 0.3) is 0 Å². The molecule has 0 saturated heterocycles. The Morgan fingerprint density at radius 1 is 1.35 bits per heavy atom. The van der Waals surface area contributed by atoms with Crippen molar-refractivity contribution < 1.29 is 4.39 Å². The molecule has 2 N–H and O–H groups in total. The average molecular weight is 273 g/mol. The Balaban J connectivity index is 2.14. The Bertz CT molecular complexity index is 756. The highest BCUT2D eigenvalue weighted by atomic mass is 19.1. The number of anilines is 1. The molecule has 3 aromatic rings. The summed E-state index contributed by atoms with van der Waals surface area (Å²) in [5.74, 6) is 0.464. The van der Waals surface area contributed by atoms with E-state index in [1.165, 1.54) is 6.07 Å². The van der Waals surface area contributed by atoms with E-state index in [1.807, 2.05) is 24.5 Å². The number of nitrogens with two attached hydrogens (primary N) is 1. The summed E-state index contributed by atoms with van der Waals surface area (Å²) in [5, 5.41) is 4.15. The lowest BCUT2D eigenvalue weighted by Gasteiger charge is -2.13. The van der Waals surface area contributed by atoms with E-state index < -0.39 is 0 Å². The Labute approximate surface area is 115 Å². The number of nitrogens with zero attached hydrogens (tertiary/aromatic N) is 4. The average Bonchev–Trinajstić information content (AvgIpc) is 2.94. The largest absolute Gasteiger partial charge is 0.396 e. The van der Waals surface area contributed by atoms with E-state index >= 15 is 0 Å². The molecule has 0 bridgehead atoms. The van der Waals surface area contributed by atoms with Gasteiger partial charge in [0.15, 0.2) is 5.82 Å². The fourth-order valence-electron chi connectivity index (χ4n) is 2.43. The minimum absolute atomic E-state index is 0.185. The van der Waals surface area contributed by atoms with Gasteiger partial charge in [0.2, 0.25) is 0 Å². The minimum atomic E-state index is -0.303. The molecule has 0 radical (unpaired) electrons. The van der Waals surface area contributed by atoms with Crippen LogP contribution in [-0.2, 0) is 6.54 Å². The molecular formula is C14H16FN5. The van der Waals surface area contributed by atoms with E-state index in [2.05, 4.69) is 10.1 Å². The van der Waals surface area contributed by atoms with Crippen molar-refractivity contribution in [3.8, 4) is 0 Å². The highest BCUT2D eigenvalue weighted by Gasteiger charge is 2.16. The SMILES string of the molecule is CC(C)n1c(Cn2cc(N)cn2)nc2c(F)cccc21. The van der Waals surface area contributed by atoms with E-state index in [0.29, 0.717) is 17.7 Å². The number of imidazole rings is 1. The number of nitrogen functional groups attached to an aromatic ring is 1. The molecule has 20 heavy (non-hydrogen) atoms. The first-order valence-electron chi connectivity index (χ1n) is 6.49. The van der Waals surface area contributed by atoms with Crippen LogP contribution in [0, 0.1) is 5.82 Å². The lowest BCUT2D eigenvalue weighted by molar-refractivity contribution is 0.551. The zero-order valence-electron chi connectivity index (χ0n) is 11.4. The molecule has 0 spiro atoms. The van der Waals surface area contributed by atoms with Crippen LogP contribution in [0.5, 0.6) is 0 Å². The molecule has 0 saturated carbocycles. The standard InChI is InChI=1S/C14H16FN5/c1-9(2)20-12-5-3-4-11(15)14(12)18-13(20)8-19-7-10(16)6-17-19/h3-7,9H,8,16H2,1-2H3. The molecule has 0 aliphatic carbocycles. The molecule has 0 aliphatic rings. The fraction of sp³-hybridized carbons (Fsp3) is 0.286. The van der Waals surface area contributed by atoms with Crippen LogP contribution < -0.4 is 5.73 Å². The number of aromatic nitrogens is 4. The first-order chi connectivity index (χ1) is 9.56. The Kier molecular flexibility index (Phi) is 2.93. The van der Waals surface area contributed by atoms with Crippen LogP contribution in [0.1, 0.15) is 25.7 Å². The van der Waals surface area contributed by atoms with Crippen LogP contribution in [-0.4, -0.2) is 19.3 Å². The summed E-state index contributed by atoms with van der Waals surface area (Å²) in [6, 6.07) is 5.19. The topological polar surface area (TPSA) is 61.7 Å². The lowest BCUT2D eigenvalue weighted by atomic mass is 10.3. The van der Waals surface area contributed by atoms with Crippen molar-refractivity contribution in [3.63, 3.8) is 0 Å². The summed E-state index contributed by atoms with van der Waals surface area (Å²) in [6.45, 7) is 4.56. The Morgan fingerprint density at radius 3 is 2.80 bits per heavy atom. The molecule has 0 unspecified atom stereocenters. The van der Waals surface area contributed by atoms with E-state index in [1.54, 1.807) is 23.1 Å². The highest BCUT2D eigenvalue weighted by Crippen LogP contribution is 2.23. The van der Waals surface area contributed by atoms with E-state index in [0.717, 1.165) is 11.3 Å². The third-order valence-electron chi connectivity index (χ3n) is 3.22. The zero-order chi connectivity index (χ0) is 14.3. The van der Waals surface area contributed by atoms with Crippen LogP contribution in [0.4, 0.5) is 10.1 Å². The van der Waals surface area contributed by atoms with Gasteiger partial charge in [-0.05, 0) is 26.0 Å². The van der Waals surface area contributed by atoms with Crippen LogP contribution >= 0.6 is 0 Å². The van der Waals surface area contributed by atoms with Gasteiger partial charge < -0.3 is 10.3 Å². The van der Waals surface area contributed by atoms with Crippen LogP contribution in [0.25, 0.3) is 11.0 Å². The maximum absolute atomic E-state index is 13.9. The second-order valence-corrected chi connectivity index (χ2v) is 5.07. The predicted octanol–water partition coefficient (Wildman–Crippen LogP) is 2.58. The number of rotatable bonds is 3. The number of fused-ring (bicyclic) bond motifs is 1. The third kappa shape index (κ3) is 2.03. The first-order valence-corrected chi connectivity index (χ1v) is 6.49. The maximum atomic E-state index is 13.9. The molecule has 3 rings (SSSR count). The van der Waals surface area contributed by atoms with E-state index in [4.69, 9.17) is 5.73 Å². The quantitative estimate of drug-likeness (QED) is 0.797. The maximum Gasteiger partial charge on any atom is 0.151 e. The van der Waals surface area contributed by atoms with Crippen molar-refractivity contribution in [2.24, 2.45) is 0 Å². The van der Waals surface area contributed by atoms with Crippen LogP contribution in [0.3, 0.4) is 0 Å². The molecule has 104 valence electrons. The van der Waals surface area contributed by atoms with Gasteiger partial charge in [0.1, 0.15) is 11.3 Å². The van der Waals surface area contributed by atoms with Gasteiger partial charge in [-0.25, -0.2) is 9.37 Å². The molecule has 2 heterocycles. The smallest absolute Gasteiger partial charge is 0.151 e. The molecule has 0 aliphatic heterocycles. The number of hydrogen-bond acceptors (Lipinski definition) is 3.